The summed E-state index contributed by atoms with van der Waals surface area (Å²) in [6.07, 6.45) is 0.580. The standard InChI is InChI=1S/C13H17N3O4S/c1-9-4-5-10(16-6-3-7-21(16,19)20)8-11(9)15-13(18)12(17)14-2/h4-5,8H,3,6-7H2,1-2H3,(H,14,17)(H,15,18). The van der Waals surface area contributed by atoms with Crippen molar-refractivity contribution in [2.45, 2.75) is 13.3 Å². The van der Waals surface area contributed by atoms with E-state index in [9.17, 15) is 18.0 Å². The first-order chi connectivity index (χ1) is 9.85. The van der Waals surface area contributed by atoms with Crippen molar-refractivity contribution < 1.29 is 18.0 Å². The van der Waals surface area contributed by atoms with E-state index >= 15 is 0 Å². The summed E-state index contributed by atoms with van der Waals surface area (Å²) in [4.78, 5) is 22.8. The molecular formula is C13H17N3O4S. The summed E-state index contributed by atoms with van der Waals surface area (Å²) in [7, 11) is -1.91. The Balaban J connectivity index is 2.30. The average Bonchev–Trinajstić information content (AvgIpc) is 2.79. The highest BCUT2D eigenvalue weighted by Crippen LogP contribution is 2.28. The maximum atomic E-state index is 11.9. The molecule has 1 aromatic rings. The number of carbonyl (C=O) groups is 2. The van der Waals surface area contributed by atoms with Crippen LogP contribution in [0.4, 0.5) is 11.4 Å². The molecule has 0 saturated carbocycles. The van der Waals surface area contributed by atoms with Crippen molar-refractivity contribution in [3.63, 3.8) is 0 Å². The van der Waals surface area contributed by atoms with Crippen molar-refractivity contribution in [1.29, 1.82) is 0 Å². The molecule has 2 rings (SSSR count). The monoisotopic (exact) mass is 311 g/mol. The maximum absolute atomic E-state index is 11.9. The lowest BCUT2D eigenvalue weighted by molar-refractivity contribution is -0.135. The molecule has 0 unspecified atom stereocenters. The summed E-state index contributed by atoms with van der Waals surface area (Å²) >= 11 is 0. The van der Waals surface area contributed by atoms with E-state index in [1.54, 1.807) is 25.1 Å². The Labute approximate surface area is 123 Å². The highest BCUT2D eigenvalue weighted by atomic mass is 32.2. The van der Waals surface area contributed by atoms with E-state index in [0.29, 0.717) is 24.3 Å². The van der Waals surface area contributed by atoms with Crippen molar-refractivity contribution in [2.75, 3.05) is 29.0 Å². The summed E-state index contributed by atoms with van der Waals surface area (Å²) in [5.74, 6) is -1.42. The lowest BCUT2D eigenvalue weighted by atomic mass is 10.1. The first-order valence-corrected chi connectivity index (χ1v) is 8.10. The number of hydrogen-bond donors (Lipinski definition) is 2. The summed E-state index contributed by atoms with van der Waals surface area (Å²) in [5, 5.41) is 4.71. The molecule has 7 nitrogen and oxygen atoms in total. The molecule has 114 valence electrons. The van der Waals surface area contributed by atoms with Crippen LogP contribution in [0.2, 0.25) is 0 Å². The number of sulfonamides is 1. The Kier molecular flexibility index (Phi) is 4.17. The predicted molar refractivity (Wildman–Crippen MR) is 79.6 cm³/mol. The van der Waals surface area contributed by atoms with E-state index in [1.807, 2.05) is 0 Å². The van der Waals surface area contributed by atoms with Crippen LogP contribution in [0.1, 0.15) is 12.0 Å². The lowest BCUT2D eigenvalue weighted by Crippen LogP contribution is -2.33. The fourth-order valence-corrected chi connectivity index (χ4v) is 3.68. The van der Waals surface area contributed by atoms with Crippen molar-refractivity contribution in [3.8, 4) is 0 Å². The number of carbonyl (C=O) groups excluding carboxylic acids is 2. The molecule has 1 fully saturated rings. The molecule has 1 aliphatic heterocycles. The molecule has 2 N–H and O–H groups in total. The van der Waals surface area contributed by atoms with Gasteiger partial charge < -0.3 is 10.6 Å². The second-order valence-electron chi connectivity index (χ2n) is 4.77. The Morgan fingerprint density at radius 1 is 1.24 bits per heavy atom. The number of amides is 2. The number of benzene rings is 1. The van der Waals surface area contributed by atoms with Crippen molar-refractivity contribution >= 4 is 33.2 Å². The average molecular weight is 311 g/mol. The second-order valence-corrected chi connectivity index (χ2v) is 6.79. The molecule has 0 atom stereocenters. The van der Waals surface area contributed by atoms with Gasteiger partial charge in [-0.1, -0.05) is 6.07 Å². The van der Waals surface area contributed by atoms with Gasteiger partial charge in [-0.3, -0.25) is 13.9 Å². The van der Waals surface area contributed by atoms with Gasteiger partial charge in [0.2, 0.25) is 10.0 Å². The van der Waals surface area contributed by atoms with Crippen LogP contribution < -0.4 is 14.9 Å². The molecule has 2 amide bonds. The number of nitrogens with zero attached hydrogens (tertiary/aromatic N) is 1. The molecule has 21 heavy (non-hydrogen) atoms. The van der Waals surface area contributed by atoms with Crippen LogP contribution in [0.5, 0.6) is 0 Å². The van der Waals surface area contributed by atoms with Crippen molar-refractivity contribution in [3.05, 3.63) is 23.8 Å². The number of aryl methyl sites for hydroxylation is 1. The number of likely N-dealkylation sites (N-methyl/N-ethyl adjacent to an activating group) is 1. The lowest BCUT2D eigenvalue weighted by Gasteiger charge is -2.18. The summed E-state index contributed by atoms with van der Waals surface area (Å²) in [6.45, 7) is 2.19. The van der Waals surface area contributed by atoms with Crippen LogP contribution in [0, 0.1) is 6.92 Å². The highest BCUT2D eigenvalue weighted by Gasteiger charge is 2.28. The Morgan fingerprint density at radius 3 is 2.52 bits per heavy atom. The largest absolute Gasteiger partial charge is 0.351 e. The van der Waals surface area contributed by atoms with Gasteiger partial charge >= 0.3 is 11.8 Å². The molecule has 1 heterocycles. The summed E-state index contributed by atoms with van der Waals surface area (Å²) in [6, 6.07) is 4.97. The van der Waals surface area contributed by atoms with E-state index in [-0.39, 0.29) is 5.75 Å². The number of rotatable bonds is 2. The molecular weight excluding hydrogens is 294 g/mol. The molecule has 1 aromatic carbocycles. The van der Waals surface area contributed by atoms with Gasteiger partial charge in [-0.15, -0.1) is 0 Å². The van der Waals surface area contributed by atoms with Crippen LogP contribution in [0.3, 0.4) is 0 Å². The van der Waals surface area contributed by atoms with E-state index in [1.165, 1.54) is 11.4 Å². The number of hydrogen-bond acceptors (Lipinski definition) is 4. The smallest absolute Gasteiger partial charge is 0.313 e. The highest BCUT2D eigenvalue weighted by molar-refractivity contribution is 7.93. The van der Waals surface area contributed by atoms with Gasteiger partial charge in [0.25, 0.3) is 0 Å². The molecule has 1 saturated heterocycles. The van der Waals surface area contributed by atoms with Crippen LogP contribution in [-0.4, -0.2) is 39.6 Å². The maximum Gasteiger partial charge on any atom is 0.313 e. The van der Waals surface area contributed by atoms with E-state index in [4.69, 9.17) is 0 Å². The van der Waals surface area contributed by atoms with E-state index in [2.05, 4.69) is 10.6 Å². The van der Waals surface area contributed by atoms with Crippen LogP contribution in [-0.2, 0) is 19.6 Å². The van der Waals surface area contributed by atoms with Gasteiger partial charge in [0, 0.05) is 19.3 Å². The predicted octanol–water partition coefficient (Wildman–Crippen LogP) is 0.219. The van der Waals surface area contributed by atoms with Crippen molar-refractivity contribution in [1.82, 2.24) is 5.32 Å². The van der Waals surface area contributed by atoms with Crippen LogP contribution >= 0.6 is 0 Å². The summed E-state index contributed by atoms with van der Waals surface area (Å²) < 4.78 is 25.1. The Hall–Kier alpha value is -2.09. The fraction of sp³-hybridized carbons (Fsp3) is 0.385. The van der Waals surface area contributed by atoms with Crippen LogP contribution in [0.25, 0.3) is 0 Å². The molecule has 0 radical (unpaired) electrons. The second kappa shape index (κ2) is 5.72. The van der Waals surface area contributed by atoms with Gasteiger partial charge in [-0.05, 0) is 31.0 Å². The first kappa shape index (κ1) is 15.3. The van der Waals surface area contributed by atoms with Crippen LogP contribution in [0.15, 0.2) is 18.2 Å². The van der Waals surface area contributed by atoms with Gasteiger partial charge in [0.05, 0.1) is 11.4 Å². The number of nitrogens with one attached hydrogen (secondary N) is 2. The topological polar surface area (TPSA) is 95.6 Å². The zero-order valence-electron chi connectivity index (χ0n) is 11.8. The molecule has 8 heteroatoms. The van der Waals surface area contributed by atoms with Crippen molar-refractivity contribution in [2.24, 2.45) is 0 Å². The minimum atomic E-state index is -3.28. The quantitative estimate of drug-likeness (QED) is 0.764. The first-order valence-electron chi connectivity index (χ1n) is 6.49. The molecule has 0 bridgehead atoms. The third-order valence-corrected chi connectivity index (χ3v) is 5.16. The van der Waals surface area contributed by atoms with Gasteiger partial charge in [-0.25, -0.2) is 8.42 Å². The zero-order valence-corrected chi connectivity index (χ0v) is 12.7. The normalized spacial score (nSPS) is 16.6. The SMILES string of the molecule is CNC(=O)C(=O)Nc1cc(N2CCCS2(=O)=O)ccc1C. The third-order valence-electron chi connectivity index (χ3n) is 3.29. The summed E-state index contributed by atoms with van der Waals surface area (Å²) in [5.41, 5.74) is 1.65. The zero-order chi connectivity index (χ0) is 15.6. The fourth-order valence-electron chi connectivity index (χ4n) is 2.12. The molecule has 1 aliphatic rings. The van der Waals surface area contributed by atoms with Gasteiger partial charge in [0.1, 0.15) is 0 Å². The third kappa shape index (κ3) is 3.15. The molecule has 0 spiro atoms. The molecule has 0 aromatic heterocycles. The number of anilines is 2. The van der Waals surface area contributed by atoms with E-state index in [0.717, 1.165) is 5.56 Å². The Bertz CT molecular complexity index is 685. The minimum Gasteiger partial charge on any atom is -0.351 e. The molecule has 0 aliphatic carbocycles. The van der Waals surface area contributed by atoms with Gasteiger partial charge in [-0.2, -0.15) is 0 Å². The van der Waals surface area contributed by atoms with E-state index < -0.39 is 21.8 Å². The van der Waals surface area contributed by atoms with Gasteiger partial charge in [0.15, 0.2) is 0 Å². The Morgan fingerprint density at radius 2 is 1.95 bits per heavy atom. The minimum absolute atomic E-state index is 0.126.